The van der Waals surface area contributed by atoms with E-state index < -0.39 is 41.5 Å². The average molecular weight is 270 g/mol. The van der Waals surface area contributed by atoms with Crippen molar-refractivity contribution in [2.75, 3.05) is 18.1 Å². The third kappa shape index (κ3) is 2.30. The van der Waals surface area contributed by atoms with E-state index in [1.807, 2.05) is 0 Å². The summed E-state index contributed by atoms with van der Waals surface area (Å²) in [6.45, 7) is -1.13. The van der Waals surface area contributed by atoms with E-state index in [9.17, 15) is 24.1 Å². The minimum atomic E-state index is -1.30. The molecule has 0 aromatic heterocycles. The number of amides is 1. The van der Waals surface area contributed by atoms with Crippen LogP contribution in [0.15, 0.2) is 12.1 Å². The fourth-order valence-corrected chi connectivity index (χ4v) is 1.66. The van der Waals surface area contributed by atoms with Gasteiger partial charge in [0.25, 0.3) is 5.91 Å². The van der Waals surface area contributed by atoms with E-state index in [0.717, 1.165) is 17.0 Å². The van der Waals surface area contributed by atoms with Gasteiger partial charge in [0.05, 0.1) is 10.6 Å². The quantitative estimate of drug-likeness (QED) is 0.634. The minimum Gasteiger partial charge on any atom is -0.481 e. The molecule has 1 amide bonds. The molecular weight excluding hydrogens is 263 g/mol. The first kappa shape index (κ1) is 12.7. The highest BCUT2D eigenvalue weighted by Gasteiger charge is 2.31. The Balaban J connectivity index is 2.53. The number of rotatable bonds is 3. The molecule has 1 aromatic rings. The molecule has 0 bridgehead atoms. The number of ether oxygens (including phenoxy) is 1. The van der Waals surface area contributed by atoms with Gasteiger partial charge in [0, 0.05) is 12.1 Å². The van der Waals surface area contributed by atoms with Gasteiger partial charge in [-0.05, 0) is 0 Å². The number of aliphatic carboxylic acids is 1. The van der Waals surface area contributed by atoms with Gasteiger partial charge in [-0.15, -0.1) is 0 Å². The van der Waals surface area contributed by atoms with Crippen molar-refractivity contribution in [3.8, 4) is 5.75 Å². The number of hydrogen-bond acceptors (Lipinski definition) is 5. The second-order valence-electron chi connectivity index (χ2n) is 3.69. The van der Waals surface area contributed by atoms with Gasteiger partial charge in [0.1, 0.15) is 12.3 Å². The Morgan fingerprint density at radius 1 is 1.58 bits per heavy atom. The van der Waals surface area contributed by atoms with E-state index in [0.29, 0.717) is 0 Å². The van der Waals surface area contributed by atoms with E-state index in [2.05, 4.69) is 0 Å². The predicted octanol–water partition coefficient (Wildman–Crippen LogP) is 0.544. The Bertz CT molecular complexity index is 588. The Morgan fingerprint density at radius 2 is 2.26 bits per heavy atom. The predicted molar refractivity (Wildman–Crippen MR) is 58.5 cm³/mol. The van der Waals surface area contributed by atoms with Crippen LogP contribution in [0.1, 0.15) is 0 Å². The van der Waals surface area contributed by atoms with Crippen LogP contribution in [0.3, 0.4) is 0 Å². The first-order valence-electron chi connectivity index (χ1n) is 5.03. The van der Waals surface area contributed by atoms with Crippen molar-refractivity contribution >= 4 is 23.3 Å². The molecule has 1 aliphatic heterocycles. The zero-order valence-electron chi connectivity index (χ0n) is 9.33. The van der Waals surface area contributed by atoms with Crippen molar-refractivity contribution in [1.82, 2.24) is 0 Å². The molecule has 9 heteroatoms. The van der Waals surface area contributed by atoms with E-state index in [1.54, 1.807) is 0 Å². The molecule has 1 aromatic carbocycles. The highest BCUT2D eigenvalue weighted by Crippen LogP contribution is 2.36. The third-order valence-electron chi connectivity index (χ3n) is 2.46. The van der Waals surface area contributed by atoms with Crippen LogP contribution >= 0.6 is 0 Å². The molecule has 1 aliphatic rings. The largest absolute Gasteiger partial charge is 0.481 e. The Labute approximate surface area is 105 Å². The maximum Gasteiger partial charge on any atom is 0.323 e. The Kier molecular flexibility index (Phi) is 3.03. The molecule has 100 valence electrons. The highest BCUT2D eigenvalue weighted by molar-refractivity contribution is 6.01. The monoisotopic (exact) mass is 270 g/mol. The Hall–Kier alpha value is -2.71. The van der Waals surface area contributed by atoms with Crippen LogP contribution in [0.5, 0.6) is 5.75 Å². The minimum absolute atomic E-state index is 0.107. The second-order valence-corrected chi connectivity index (χ2v) is 3.69. The van der Waals surface area contributed by atoms with Crippen molar-refractivity contribution < 1.29 is 28.7 Å². The smallest absolute Gasteiger partial charge is 0.323 e. The lowest BCUT2D eigenvalue weighted by Crippen LogP contribution is -2.42. The van der Waals surface area contributed by atoms with Crippen LogP contribution in [0.4, 0.5) is 15.8 Å². The average Bonchev–Trinajstić information content (AvgIpc) is 2.31. The number of halogens is 1. The molecule has 0 atom stereocenters. The maximum absolute atomic E-state index is 13.4. The normalized spacial score (nSPS) is 13.7. The molecule has 8 nitrogen and oxygen atoms in total. The van der Waals surface area contributed by atoms with Gasteiger partial charge in [-0.3, -0.25) is 24.6 Å². The molecule has 0 fully saturated rings. The molecule has 0 saturated heterocycles. The van der Waals surface area contributed by atoms with E-state index in [4.69, 9.17) is 9.84 Å². The summed E-state index contributed by atoms with van der Waals surface area (Å²) in [6.07, 6.45) is 0. The summed E-state index contributed by atoms with van der Waals surface area (Å²) in [5, 5.41) is 19.3. The van der Waals surface area contributed by atoms with Crippen molar-refractivity contribution in [3.05, 3.63) is 28.1 Å². The number of carbonyl (C=O) groups excluding carboxylic acids is 1. The van der Waals surface area contributed by atoms with Gasteiger partial charge >= 0.3 is 11.7 Å². The number of carboxylic acids is 1. The van der Waals surface area contributed by atoms with E-state index >= 15 is 0 Å². The second kappa shape index (κ2) is 4.52. The van der Waals surface area contributed by atoms with Gasteiger partial charge in [-0.1, -0.05) is 0 Å². The van der Waals surface area contributed by atoms with Crippen molar-refractivity contribution in [2.24, 2.45) is 0 Å². The van der Waals surface area contributed by atoms with Crippen molar-refractivity contribution in [2.45, 2.75) is 0 Å². The molecule has 0 aliphatic carbocycles. The van der Waals surface area contributed by atoms with E-state index in [-0.39, 0.29) is 11.4 Å². The zero-order valence-corrected chi connectivity index (χ0v) is 9.33. The maximum atomic E-state index is 13.4. The third-order valence-corrected chi connectivity index (χ3v) is 2.46. The fraction of sp³-hybridized carbons (Fsp3) is 0.200. The summed E-state index contributed by atoms with van der Waals surface area (Å²) in [5.74, 6) is -3.19. The summed E-state index contributed by atoms with van der Waals surface area (Å²) in [6, 6.07) is 1.54. The number of hydrogen-bond donors (Lipinski definition) is 1. The molecule has 1 heterocycles. The molecule has 0 spiro atoms. The van der Waals surface area contributed by atoms with Gasteiger partial charge in [-0.25, -0.2) is 0 Å². The summed E-state index contributed by atoms with van der Waals surface area (Å²) >= 11 is 0. The lowest BCUT2D eigenvalue weighted by atomic mass is 10.2. The summed E-state index contributed by atoms with van der Waals surface area (Å²) in [7, 11) is 0. The van der Waals surface area contributed by atoms with Crippen LogP contribution in [-0.2, 0) is 9.59 Å². The first-order valence-corrected chi connectivity index (χ1v) is 5.03. The van der Waals surface area contributed by atoms with E-state index in [1.165, 1.54) is 0 Å². The van der Waals surface area contributed by atoms with Crippen molar-refractivity contribution in [3.63, 3.8) is 0 Å². The highest BCUT2D eigenvalue weighted by atomic mass is 19.1. The SMILES string of the molecule is O=C(O)CN1C(=O)COc2cc(F)c([N+](=O)[O-])cc21. The van der Waals surface area contributed by atoms with Gasteiger partial charge in [0.15, 0.2) is 6.61 Å². The molecular formula is C10H7FN2O6. The number of carbonyl (C=O) groups is 2. The van der Waals surface area contributed by atoms with Crippen LogP contribution < -0.4 is 9.64 Å². The van der Waals surface area contributed by atoms with Gasteiger partial charge in [0.2, 0.25) is 5.82 Å². The number of nitro benzene ring substituents is 1. The Morgan fingerprint density at radius 3 is 2.84 bits per heavy atom. The van der Waals surface area contributed by atoms with Crippen LogP contribution in [0.25, 0.3) is 0 Å². The van der Waals surface area contributed by atoms with Gasteiger partial charge in [-0.2, -0.15) is 4.39 Å². The number of fused-ring (bicyclic) bond motifs is 1. The number of benzene rings is 1. The van der Waals surface area contributed by atoms with Crippen LogP contribution in [0.2, 0.25) is 0 Å². The van der Waals surface area contributed by atoms with Crippen LogP contribution in [0, 0.1) is 15.9 Å². The molecule has 2 rings (SSSR count). The standard InChI is InChI=1S/C10H7FN2O6/c11-5-1-8-7(2-6(5)13(17)18)12(3-10(15)16)9(14)4-19-8/h1-2H,3-4H2,(H,15,16). The molecule has 0 saturated carbocycles. The lowest BCUT2D eigenvalue weighted by molar-refractivity contribution is -0.387. The number of carboxylic acid groups (broad SMARTS) is 1. The molecule has 0 radical (unpaired) electrons. The number of nitrogens with zero attached hydrogens (tertiary/aromatic N) is 2. The van der Waals surface area contributed by atoms with Crippen LogP contribution in [-0.4, -0.2) is 35.1 Å². The first-order chi connectivity index (χ1) is 8.90. The summed E-state index contributed by atoms with van der Waals surface area (Å²) in [5.41, 5.74) is -0.987. The summed E-state index contributed by atoms with van der Waals surface area (Å²) in [4.78, 5) is 32.7. The summed E-state index contributed by atoms with van der Waals surface area (Å²) < 4.78 is 18.3. The fourth-order valence-electron chi connectivity index (χ4n) is 1.66. The lowest BCUT2D eigenvalue weighted by Gasteiger charge is -2.27. The topological polar surface area (TPSA) is 110 Å². The molecule has 0 unspecified atom stereocenters. The zero-order chi connectivity index (χ0) is 14.2. The molecule has 1 N–H and O–H groups in total. The number of anilines is 1. The van der Waals surface area contributed by atoms with Gasteiger partial charge < -0.3 is 9.84 Å². The number of nitro groups is 1. The molecule has 19 heavy (non-hydrogen) atoms. The van der Waals surface area contributed by atoms with Crippen molar-refractivity contribution in [1.29, 1.82) is 0 Å².